The fraction of sp³-hybridized carbons (Fsp3) is 0.364. The van der Waals surface area contributed by atoms with Gasteiger partial charge in [0, 0.05) is 6.54 Å². The summed E-state index contributed by atoms with van der Waals surface area (Å²) < 4.78 is 5.04. The van der Waals surface area contributed by atoms with Crippen molar-refractivity contribution < 1.29 is 9.53 Å². The second kappa shape index (κ2) is 5.24. The number of nitrogens with one attached hydrogen (secondary N) is 1. The number of nitrogens with two attached hydrogens (primary N) is 1. The minimum Gasteiger partial charge on any atom is -0.495 e. The Labute approximate surface area is 89.4 Å². The van der Waals surface area contributed by atoms with Crippen LogP contribution in [0.25, 0.3) is 0 Å². The summed E-state index contributed by atoms with van der Waals surface area (Å²) in [5, 5.41) is 2.77. The van der Waals surface area contributed by atoms with Gasteiger partial charge in [-0.1, -0.05) is 13.0 Å². The van der Waals surface area contributed by atoms with Gasteiger partial charge in [-0.3, -0.25) is 4.79 Å². The van der Waals surface area contributed by atoms with Crippen molar-refractivity contribution >= 4 is 11.6 Å². The molecule has 0 aliphatic carbocycles. The van der Waals surface area contributed by atoms with E-state index >= 15 is 0 Å². The van der Waals surface area contributed by atoms with Gasteiger partial charge in [-0.05, 0) is 18.6 Å². The molecule has 0 spiro atoms. The Kier molecular flexibility index (Phi) is 3.97. The molecular formula is C11H16N2O2. The maximum Gasteiger partial charge on any atom is 0.253 e. The van der Waals surface area contributed by atoms with Gasteiger partial charge in [-0.25, -0.2) is 0 Å². The number of para-hydroxylation sites is 1. The highest BCUT2D eigenvalue weighted by Crippen LogP contribution is 2.24. The molecule has 0 saturated heterocycles. The molecule has 0 aliphatic rings. The van der Waals surface area contributed by atoms with Gasteiger partial charge in [0.2, 0.25) is 0 Å². The quantitative estimate of drug-likeness (QED) is 0.735. The van der Waals surface area contributed by atoms with Gasteiger partial charge in [-0.15, -0.1) is 0 Å². The molecule has 4 nitrogen and oxygen atoms in total. The third-order valence-corrected chi connectivity index (χ3v) is 2.07. The predicted octanol–water partition coefficient (Wildman–Crippen LogP) is 1.42. The molecule has 0 unspecified atom stereocenters. The summed E-state index contributed by atoms with van der Waals surface area (Å²) in [4.78, 5) is 11.6. The maximum absolute atomic E-state index is 11.6. The zero-order chi connectivity index (χ0) is 11.3. The average Bonchev–Trinajstić information content (AvgIpc) is 2.26. The molecule has 0 aliphatic heterocycles. The predicted molar refractivity (Wildman–Crippen MR) is 60.0 cm³/mol. The van der Waals surface area contributed by atoms with Crippen LogP contribution in [0.15, 0.2) is 18.2 Å². The molecular weight excluding hydrogens is 192 g/mol. The molecule has 15 heavy (non-hydrogen) atoms. The summed E-state index contributed by atoms with van der Waals surface area (Å²) in [6, 6.07) is 5.16. The highest BCUT2D eigenvalue weighted by atomic mass is 16.5. The third-order valence-electron chi connectivity index (χ3n) is 2.07. The third kappa shape index (κ3) is 2.62. The number of anilines is 1. The summed E-state index contributed by atoms with van der Waals surface area (Å²) in [6.07, 6.45) is 0.898. The van der Waals surface area contributed by atoms with E-state index in [4.69, 9.17) is 10.5 Å². The van der Waals surface area contributed by atoms with Crippen LogP contribution in [0.4, 0.5) is 5.69 Å². The van der Waals surface area contributed by atoms with E-state index in [1.807, 2.05) is 6.92 Å². The van der Waals surface area contributed by atoms with Crippen LogP contribution >= 0.6 is 0 Å². The normalized spacial score (nSPS) is 9.73. The first-order chi connectivity index (χ1) is 7.20. The molecule has 3 N–H and O–H groups in total. The number of carbonyl (C=O) groups is 1. The fourth-order valence-electron chi connectivity index (χ4n) is 1.25. The van der Waals surface area contributed by atoms with E-state index in [2.05, 4.69) is 5.32 Å². The van der Waals surface area contributed by atoms with Crippen molar-refractivity contribution in [3.05, 3.63) is 23.8 Å². The van der Waals surface area contributed by atoms with Gasteiger partial charge in [0.25, 0.3) is 5.91 Å². The largest absolute Gasteiger partial charge is 0.495 e. The maximum atomic E-state index is 11.6. The van der Waals surface area contributed by atoms with Crippen molar-refractivity contribution in [2.24, 2.45) is 0 Å². The number of hydrogen-bond acceptors (Lipinski definition) is 3. The topological polar surface area (TPSA) is 64.3 Å². The fourth-order valence-corrected chi connectivity index (χ4v) is 1.25. The van der Waals surface area contributed by atoms with E-state index in [0.717, 1.165) is 6.42 Å². The van der Waals surface area contributed by atoms with Crippen molar-refractivity contribution in [2.45, 2.75) is 13.3 Å². The molecule has 4 heteroatoms. The van der Waals surface area contributed by atoms with E-state index < -0.39 is 0 Å². The van der Waals surface area contributed by atoms with Gasteiger partial charge >= 0.3 is 0 Å². The van der Waals surface area contributed by atoms with Crippen LogP contribution in [-0.4, -0.2) is 19.6 Å². The lowest BCUT2D eigenvalue weighted by Gasteiger charge is -2.09. The van der Waals surface area contributed by atoms with Crippen LogP contribution in [0.5, 0.6) is 5.75 Å². The van der Waals surface area contributed by atoms with E-state index in [9.17, 15) is 4.79 Å². The van der Waals surface area contributed by atoms with Crippen LogP contribution in [-0.2, 0) is 0 Å². The van der Waals surface area contributed by atoms with Gasteiger partial charge in [0.15, 0.2) is 0 Å². The lowest BCUT2D eigenvalue weighted by molar-refractivity contribution is 0.0954. The molecule has 0 radical (unpaired) electrons. The number of benzene rings is 1. The Morgan fingerprint density at radius 3 is 2.87 bits per heavy atom. The number of rotatable bonds is 4. The molecule has 1 rings (SSSR count). The Balaban J connectivity index is 2.89. The van der Waals surface area contributed by atoms with Crippen molar-refractivity contribution in [2.75, 3.05) is 19.4 Å². The first kappa shape index (κ1) is 11.4. The summed E-state index contributed by atoms with van der Waals surface area (Å²) >= 11 is 0. The van der Waals surface area contributed by atoms with Crippen LogP contribution in [0.2, 0.25) is 0 Å². The first-order valence-corrected chi connectivity index (χ1v) is 4.91. The highest BCUT2D eigenvalue weighted by molar-refractivity contribution is 6.00. The molecule has 0 fully saturated rings. The van der Waals surface area contributed by atoms with Crippen LogP contribution in [0.3, 0.4) is 0 Å². The number of amides is 1. The van der Waals surface area contributed by atoms with Crippen molar-refractivity contribution in [3.8, 4) is 5.75 Å². The first-order valence-electron chi connectivity index (χ1n) is 4.91. The van der Waals surface area contributed by atoms with Crippen molar-refractivity contribution in [3.63, 3.8) is 0 Å². The lowest BCUT2D eigenvalue weighted by atomic mass is 10.1. The molecule has 1 aromatic rings. The lowest BCUT2D eigenvalue weighted by Crippen LogP contribution is -2.25. The standard InChI is InChI=1S/C11H16N2O2/c1-3-7-13-11(14)8-5-4-6-9(15-2)10(8)12/h4-6H,3,7,12H2,1-2H3,(H,13,14). The smallest absolute Gasteiger partial charge is 0.253 e. The van der Waals surface area contributed by atoms with Crippen LogP contribution in [0.1, 0.15) is 23.7 Å². The van der Waals surface area contributed by atoms with Crippen LogP contribution < -0.4 is 15.8 Å². The molecule has 0 bridgehead atoms. The molecule has 0 atom stereocenters. The zero-order valence-electron chi connectivity index (χ0n) is 9.04. The van der Waals surface area contributed by atoms with Gasteiger partial charge in [-0.2, -0.15) is 0 Å². The van der Waals surface area contributed by atoms with Gasteiger partial charge in [0.05, 0.1) is 18.4 Å². The highest BCUT2D eigenvalue weighted by Gasteiger charge is 2.11. The Hall–Kier alpha value is -1.71. The molecule has 82 valence electrons. The van der Waals surface area contributed by atoms with E-state index in [1.165, 1.54) is 7.11 Å². The monoisotopic (exact) mass is 208 g/mol. The van der Waals surface area contributed by atoms with Crippen LogP contribution in [0, 0.1) is 0 Å². The number of ether oxygens (including phenoxy) is 1. The number of nitrogen functional groups attached to an aromatic ring is 1. The Bertz CT molecular complexity index is 350. The minimum absolute atomic E-state index is 0.159. The zero-order valence-corrected chi connectivity index (χ0v) is 9.04. The second-order valence-electron chi connectivity index (χ2n) is 3.18. The molecule has 0 aromatic heterocycles. The molecule has 1 amide bonds. The van der Waals surface area contributed by atoms with Crippen molar-refractivity contribution in [1.82, 2.24) is 5.32 Å². The minimum atomic E-state index is -0.159. The van der Waals surface area contributed by atoms with E-state index in [-0.39, 0.29) is 5.91 Å². The van der Waals surface area contributed by atoms with Gasteiger partial charge in [0.1, 0.15) is 5.75 Å². The van der Waals surface area contributed by atoms with E-state index in [1.54, 1.807) is 18.2 Å². The average molecular weight is 208 g/mol. The van der Waals surface area contributed by atoms with E-state index in [0.29, 0.717) is 23.5 Å². The number of methoxy groups -OCH3 is 1. The molecule has 0 saturated carbocycles. The number of hydrogen-bond donors (Lipinski definition) is 2. The van der Waals surface area contributed by atoms with Gasteiger partial charge < -0.3 is 15.8 Å². The summed E-state index contributed by atoms with van der Waals surface area (Å²) in [5.41, 5.74) is 6.62. The molecule has 0 heterocycles. The second-order valence-corrected chi connectivity index (χ2v) is 3.18. The Morgan fingerprint density at radius 2 is 2.27 bits per heavy atom. The SMILES string of the molecule is CCCNC(=O)c1cccc(OC)c1N. The van der Waals surface area contributed by atoms with Crippen molar-refractivity contribution in [1.29, 1.82) is 0 Å². The number of carbonyl (C=O) groups excluding carboxylic acids is 1. The summed E-state index contributed by atoms with van der Waals surface area (Å²) in [5.74, 6) is 0.368. The summed E-state index contributed by atoms with van der Waals surface area (Å²) in [6.45, 7) is 2.64. The Morgan fingerprint density at radius 1 is 1.53 bits per heavy atom. The molecule has 1 aromatic carbocycles. The summed E-state index contributed by atoms with van der Waals surface area (Å²) in [7, 11) is 1.53.